The van der Waals surface area contributed by atoms with Gasteiger partial charge in [-0.15, -0.1) is 0 Å². The van der Waals surface area contributed by atoms with Crippen molar-refractivity contribution in [1.82, 2.24) is 14.7 Å². The Labute approximate surface area is 85.7 Å². The van der Waals surface area contributed by atoms with Gasteiger partial charge in [0.15, 0.2) is 5.69 Å². The molecule has 1 amide bonds. The van der Waals surface area contributed by atoms with E-state index in [0.29, 0.717) is 5.69 Å². The molecule has 0 spiro atoms. The highest BCUT2D eigenvalue weighted by Crippen LogP contribution is 2.15. The minimum Gasteiger partial charge on any atom is -0.343 e. The fraction of sp³-hybridized carbons (Fsp3) is 0.500. The zero-order valence-electron chi connectivity index (χ0n) is 7.91. The van der Waals surface area contributed by atoms with Gasteiger partial charge in [-0.25, -0.2) is 0 Å². The number of aryl methyl sites for hydroxylation is 1. The molecule has 0 aliphatic carbocycles. The van der Waals surface area contributed by atoms with E-state index in [9.17, 15) is 4.79 Å². The number of nitrogens with zero attached hydrogens (tertiary/aromatic N) is 3. The van der Waals surface area contributed by atoms with Crippen LogP contribution in [0.3, 0.4) is 0 Å². The molecule has 13 heavy (non-hydrogen) atoms. The maximum atomic E-state index is 11.5. The van der Waals surface area contributed by atoms with Crippen molar-refractivity contribution in [3.8, 4) is 0 Å². The van der Waals surface area contributed by atoms with Gasteiger partial charge >= 0.3 is 0 Å². The predicted molar refractivity (Wildman–Crippen MR) is 53.6 cm³/mol. The number of carbonyl (C=O) groups is 1. The lowest BCUT2D eigenvalue weighted by Crippen LogP contribution is -2.22. The van der Waals surface area contributed by atoms with Gasteiger partial charge in [0, 0.05) is 26.8 Å². The van der Waals surface area contributed by atoms with Crippen LogP contribution in [0.5, 0.6) is 0 Å². The topological polar surface area (TPSA) is 38.1 Å². The number of amides is 1. The highest BCUT2D eigenvalue weighted by Gasteiger charge is 2.15. The summed E-state index contributed by atoms with van der Waals surface area (Å²) in [5.74, 6) is -0.0842. The van der Waals surface area contributed by atoms with Crippen LogP contribution in [-0.4, -0.2) is 34.7 Å². The molecule has 1 heterocycles. The van der Waals surface area contributed by atoms with Crippen molar-refractivity contribution in [2.24, 2.45) is 0 Å². The first-order valence-corrected chi connectivity index (χ1v) is 4.80. The number of hydrogen-bond acceptors (Lipinski definition) is 2. The first kappa shape index (κ1) is 10.2. The molecule has 0 N–H and O–H groups in total. The quantitative estimate of drug-likeness (QED) is 0.790. The molecule has 5 heteroatoms. The van der Waals surface area contributed by atoms with Gasteiger partial charge in [-0.1, -0.05) is 0 Å². The Morgan fingerprint density at radius 2 is 2.31 bits per heavy atom. The van der Waals surface area contributed by atoms with Crippen molar-refractivity contribution in [2.75, 3.05) is 14.1 Å². The largest absolute Gasteiger partial charge is 0.343 e. The maximum absolute atomic E-state index is 11.5. The molecule has 72 valence electrons. The number of hydrogen-bond donors (Lipinski definition) is 0. The average molecular weight is 246 g/mol. The molecule has 0 saturated carbocycles. The van der Waals surface area contributed by atoms with Crippen LogP contribution < -0.4 is 0 Å². The highest BCUT2D eigenvalue weighted by atomic mass is 79.9. The van der Waals surface area contributed by atoms with E-state index in [1.54, 1.807) is 25.0 Å². The maximum Gasteiger partial charge on any atom is 0.275 e. The van der Waals surface area contributed by atoms with Gasteiger partial charge in [0.25, 0.3) is 5.91 Å². The van der Waals surface area contributed by atoms with Gasteiger partial charge in [0.1, 0.15) is 0 Å². The van der Waals surface area contributed by atoms with Crippen molar-refractivity contribution < 1.29 is 4.79 Å². The summed E-state index contributed by atoms with van der Waals surface area (Å²) in [5.41, 5.74) is 0.465. The zero-order valence-corrected chi connectivity index (χ0v) is 9.50. The molecule has 0 fully saturated rings. The lowest BCUT2D eigenvalue weighted by molar-refractivity contribution is 0.0820. The van der Waals surface area contributed by atoms with E-state index < -0.39 is 0 Å². The lowest BCUT2D eigenvalue weighted by atomic mass is 10.4. The van der Waals surface area contributed by atoms with Crippen LogP contribution in [0.4, 0.5) is 0 Å². The summed E-state index contributed by atoms with van der Waals surface area (Å²) in [6.45, 7) is 2.74. The predicted octanol–water partition coefficient (Wildman–Crippen LogP) is 1.37. The number of halogens is 1. The second-order valence-electron chi connectivity index (χ2n) is 2.88. The molecule has 0 unspecified atom stereocenters. The van der Waals surface area contributed by atoms with E-state index in [2.05, 4.69) is 21.0 Å². The molecule has 0 radical (unpaired) electrons. The van der Waals surface area contributed by atoms with Gasteiger partial charge in [-0.05, 0) is 22.9 Å². The Morgan fingerprint density at radius 1 is 1.69 bits per heavy atom. The second kappa shape index (κ2) is 3.91. The van der Waals surface area contributed by atoms with Gasteiger partial charge in [-0.3, -0.25) is 9.48 Å². The third kappa shape index (κ3) is 2.09. The standard InChI is InChI=1S/C8H12BrN3O/c1-4-12-5-6(9)7(10-12)8(13)11(2)3/h5H,4H2,1-3H3. The summed E-state index contributed by atoms with van der Waals surface area (Å²) in [6.07, 6.45) is 1.80. The molecule has 0 aliphatic heterocycles. The molecule has 1 aromatic heterocycles. The molecular formula is C8H12BrN3O. The highest BCUT2D eigenvalue weighted by molar-refractivity contribution is 9.10. The molecule has 0 bridgehead atoms. The number of carbonyl (C=O) groups excluding carboxylic acids is 1. The molecule has 1 aromatic rings. The monoisotopic (exact) mass is 245 g/mol. The third-order valence-corrected chi connectivity index (χ3v) is 2.23. The number of rotatable bonds is 2. The van der Waals surface area contributed by atoms with Gasteiger partial charge < -0.3 is 4.90 Å². The lowest BCUT2D eigenvalue weighted by Gasteiger charge is -2.07. The van der Waals surface area contributed by atoms with Crippen molar-refractivity contribution in [2.45, 2.75) is 13.5 Å². The Balaban J connectivity index is 3.00. The van der Waals surface area contributed by atoms with Crippen LogP contribution in [0.2, 0.25) is 0 Å². The fourth-order valence-corrected chi connectivity index (χ4v) is 1.40. The smallest absolute Gasteiger partial charge is 0.275 e. The first-order chi connectivity index (χ1) is 6.06. The summed E-state index contributed by atoms with van der Waals surface area (Å²) in [6, 6.07) is 0. The summed E-state index contributed by atoms with van der Waals surface area (Å²) in [7, 11) is 3.42. The van der Waals surface area contributed by atoms with Crippen LogP contribution >= 0.6 is 15.9 Å². The van der Waals surface area contributed by atoms with Crippen LogP contribution in [0, 0.1) is 0 Å². The molecule has 0 saturated heterocycles. The minimum absolute atomic E-state index is 0.0842. The van der Waals surface area contributed by atoms with E-state index >= 15 is 0 Å². The van der Waals surface area contributed by atoms with Crippen LogP contribution in [0.25, 0.3) is 0 Å². The van der Waals surface area contributed by atoms with Gasteiger partial charge in [0.05, 0.1) is 4.47 Å². The SMILES string of the molecule is CCn1cc(Br)c(C(=O)N(C)C)n1. The van der Waals surface area contributed by atoms with E-state index in [0.717, 1.165) is 11.0 Å². The van der Waals surface area contributed by atoms with E-state index in [1.807, 2.05) is 6.92 Å². The first-order valence-electron chi connectivity index (χ1n) is 4.00. The Bertz CT molecular complexity index is 319. The second-order valence-corrected chi connectivity index (χ2v) is 3.74. The summed E-state index contributed by atoms with van der Waals surface area (Å²) in [4.78, 5) is 13.0. The minimum atomic E-state index is -0.0842. The van der Waals surface area contributed by atoms with Crippen LogP contribution in [0.15, 0.2) is 10.7 Å². The molecule has 0 aliphatic rings. The van der Waals surface area contributed by atoms with Crippen LogP contribution in [-0.2, 0) is 6.54 Å². The normalized spacial score (nSPS) is 10.2. The fourth-order valence-electron chi connectivity index (χ4n) is 0.916. The summed E-state index contributed by atoms with van der Waals surface area (Å²) < 4.78 is 2.47. The van der Waals surface area contributed by atoms with E-state index in [-0.39, 0.29) is 5.91 Å². The zero-order chi connectivity index (χ0) is 10.0. The van der Waals surface area contributed by atoms with Crippen molar-refractivity contribution in [1.29, 1.82) is 0 Å². The molecular weight excluding hydrogens is 234 g/mol. The molecule has 4 nitrogen and oxygen atoms in total. The molecule has 1 rings (SSSR count). The number of aromatic nitrogens is 2. The van der Waals surface area contributed by atoms with Crippen molar-refractivity contribution in [3.63, 3.8) is 0 Å². The average Bonchev–Trinajstić information content (AvgIpc) is 2.45. The van der Waals surface area contributed by atoms with Crippen molar-refractivity contribution >= 4 is 21.8 Å². The van der Waals surface area contributed by atoms with Crippen molar-refractivity contribution in [3.05, 3.63) is 16.4 Å². The summed E-state index contributed by atoms with van der Waals surface area (Å²) >= 11 is 3.30. The Hall–Kier alpha value is -0.840. The third-order valence-electron chi connectivity index (χ3n) is 1.65. The molecule has 0 aromatic carbocycles. The Kier molecular flexibility index (Phi) is 3.08. The van der Waals surface area contributed by atoms with Gasteiger partial charge in [0.2, 0.25) is 0 Å². The van der Waals surface area contributed by atoms with E-state index in [4.69, 9.17) is 0 Å². The van der Waals surface area contributed by atoms with Crippen LogP contribution in [0.1, 0.15) is 17.4 Å². The summed E-state index contributed by atoms with van der Waals surface area (Å²) in [5, 5.41) is 4.13. The van der Waals surface area contributed by atoms with E-state index in [1.165, 1.54) is 4.90 Å². The molecule has 0 atom stereocenters. The van der Waals surface area contributed by atoms with Gasteiger partial charge in [-0.2, -0.15) is 5.10 Å². The Morgan fingerprint density at radius 3 is 2.69 bits per heavy atom.